The molecule has 112 valence electrons. The second-order valence-electron chi connectivity index (χ2n) is 6.43. The average Bonchev–Trinajstić information content (AvgIpc) is 2.58. The van der Waals surface area contributed by atoms with E-state index >= 15 is 0 Å². The zero-order chi connectivity index (χ0) is 15.7. The van der Waals surface area contributed by atoms with Crippen molar-refractivity contribution in [1.29, 1.82) is 0 Å². The molecule has 0 fully saturated rings. The molecule has 0 radical (unpaired) electrons. The van der Waals surface area contributed by atoms with Crippen molar-refractivity contribution in [2.75, 3.05) is 0 Å². The van der Waals surface area contributed by atoms with Gasteiger partial charge in [-0.1, -0.05) is 65.7 Å². The molecular formula is C21H14Cl2. The molecule has 2 atom stereocenters. The Morgan fingerprint density at radius 3 is 2.04 bits per heavy atom. The maximum atomic E-state index is 6.65. The van der Waals surface area contributed by atoms with Gasteiger partial charge in [-0.3, -0.25) is 0 Å². The Kier molecular flexibility index (Phi) is 2.75. The van der Waals surface area contributed by atoms with E-state index in [0.717, 1.165) is 10.0 Å². The fourth-order valence-corrected chi connectivity index (χ4v) is 5.04. The summed E-state index contributed by atoms with van der Waals surface area (Å²) in [5.74, 6) is 0.376. The van der Waals surface area contributed by atoms with Gasteiger partial charge in [-0.05, 0) is 58.0 Å². The van der Waals surface area contributed by atoms with Crippen molar-refractivity contribution < 1.29 is 0 Å². The zero-order valence-electron chi connectivity index (χ0n) is 12.6. The summed E-state index contributed by atoms with van der Waals surface area (Å²) in [6, 6.07) is 19.1. The molecule has 0 saturated heterocycles. The van der Waals surface area contributed by atoms with Gasteiger partial charge in [0.25, 0.3) is 0 Å². The van der Waals surface area contributed by atoms with E-state index in [-0.39, 0.29) is 11.8 Å². The molecule has 0 spiro atoms. The van der Waals surface area contributed by atoms with E-state index in [2.05, 4.69) is 43.3 Å². The van der Waals surface area contributed by atoms with Gasteiger partial charge in [0, 0.05) is 21.9 Å². The molecule has 0 saturated carbocycles. The fraction of sp³-hybridized carbons (Fsp3) is 0.143. The van der Waals surface area contributed by atoms with Gasteiger partial charge < -0.3 is 0 Å². The monoisotopic (exact) mass is 336 g/mol. The van der Waals surface area contributed by atoms with Gasteiger partial charge in [-0.2, -0.15) is 0 Å². The van der Waals surface area contributed by atoms with Crippen molar-refractivity contribution in [3.8, 4) is 0 Å². The van der Waals surface area contributed by atoms with Crippen LogP contribution < -0.4 is 0 Å². The molecule has 0 amide bonds. The summed E-state index contributed by atoms with van der Waals surface area (Å²) in [7, 11) is 0. The molecule has 0 unspecified atom stereocenters. The first-order chi connectivity index (χ1) is 11.2. The molecule has 2 heteroatoms. The number of benzene rings is 3. The second kappa shape index (κ2) is 4.63. The lowest BCUT2D eigenvalue weighted by molar-refractivity contribution is 0.749. The SMILES string of the molecule is Cc1ccc(Cl)c2c1[C@@H]1c3ccccc3[C@H]2c2cccc(Cl)c21. The molecule has 3 aliphatic carbocycles. The number of rotatable bonds is 0. The lowest BCUT2D eigenvalue weighted by Gasteiger charge is -2.43. The maximum Gasteiger partial charge on any atom is 0.0450 e. The average molecular weight is 337 g/mol. The van der Waals surface area contributed by atoms with Crippen molar-refractivity contribution in [2.24, 2.45) is 0 Å². The predicted octanol–water partition coefficient (Wildman–Crippen LogP) is 6.29. The Labute approximate surface area is 145 Å². The molecule has 23 heavy (non-hydrogen) atoms. The zero-order valence-corrected chi connectivity index (χ0v) is 14.1. The molecule has 0 heterocycles. The Bertz CT molecular complexity index is 972. The minimum atomic E-state index is 0.187. The minimum Gasteiger partial charge on any atom is -0.0840 e. The van der Waals surface area contributed by atoms with Crippen LogP contribution in [0.2, 0.25) is 10.0 Å². The minimum absolute atomic E-state index is 0.187. The third-order valence-electron chi connectivity index (χ3n) is 5.33. The molecule has 0 aliphatic heterocycles. The first-order valence-corrected chi connectivity index (χ1v) is 8.60. The van der Waals surface area contributed by atoms with Crippen LogP contribution in [-0.4, -0.2) is 0 Å². The number of hydrogen-bond donors (Lipinski definition) is 0. The Morgan fingerprint density at radius 2 is 1.26 bits per heavy atom. The molecule has 3 aromatic rings. The van der Waals surface area contributed by atoms with Gasteiger partial charge >= 0.3 is 0 Å². The summed E-state index contributed by atoms with van der Waals surface area (Å²) < 4.78 is 0. The van der Waals surface area contributed by atoms with Gasteiger partial charge in [-0.15, -0.1) is 0 Å². The highest BCUT2D eigenvalue weighted by atomic mass is 35.5. The molecule has 3 aromatic carbocycles. The van der Waals surface area contributed by atoms with Crippen LogP contribution in [0, 0.1) is 6.92 Å². The summed E-state index contributed by atoms with van der Waals surface area (Å²) >= 11 is 13.3. The molecule has 3 aliphatic rings. The lowest BCUT2D eigenvalue weighted by Crippen LogP contribution is -2.28. The fourth-order valence-electron chi connectivity index (χ4n) is 4.48. The highest BCUT2D eigenvalue weighted by Crippen LogP contribution is 2.59. The highest BCUT2D eigenvalue weighted by molar-refractivity contribution is 6.32. The maximum absolute atomic E-state index is 6.65. The molecule has 0 nitrogen and oxygen atoms in total. The van der Waals surface area contributed by atoms with Gasteiger partial charge in [0.2, 0.25) is 0 Å². The van der Waals surface area contributed by atoms with E-state index in [0.29, 0.717) is 0 Å². The predicted molar refractivity (Wildman–Crippen MR) is 96.0 cm³/mol. The lowest BCUT2D eigenvalue weighted by atomic mass is 9.60. The van der Waals surface area contributed by atoms with Crippen LogP contribution in [0.5, 0.6) is 0 Å². The summed E-state index contributed by atoms with van der Waals surface area (Å²) in [6.07, 6.45) is 0. The van der Waals surface area contributed by atoms with Crippen LogP contribution in [0.3, 0.4) is 0 Å². The third-order valence-corrected chi connectivity index (χ3v) is 5.99. The van der Waals surface area contributed by atoms with Crippen LogP contribution in [0.15, 0.2) is 54.6 Å². The Balaban J connectivity index is 1.98. The summed E-state index contributed by atoms with van der Waals surface area (Å²) in [5, 5.41) is 1.72. The van der Waals surface area contributed by atoms with Crippen LogP contribution in [0.1, 0.15) is 50.8 Å². The second-order valence-corrected chi connectivity index (χ2v) is 7.24. The summed E-state index contributed by atoms with van der Waals surface area (Å²) in [6.45, 7) is 2.18. The standard InChI is InChI=1S/C21H14Cl2/c1-11-9-10-16(23)21-17(11)20-13-6-3-2-5-12(13)18(21)14-7-4-8-15(22)19(14)20/h2-10,18,20H,1H3/t18-,20-/m0/s1. The molecule has 2 bridgehead atoms. The largest absolute Gasteiger partial charge is 0.0840 e. The van der Waals surface area contributed by atoms with E-state index in [1.54, 1.807) is 0 Å². The van der Waals surface area contributed by atoms with Crippen LogP contribution in [0.4, 0.5) is 0 Å². The van der Waals surface area contributed by atoms with Gasteiger partial charge in [0.05, 0.1) is 0 Å². The van der Waals surface area contributed by atoms with Crippen molar-refractivity contribution in [3.63, 3.8) is 0 Å². The first-order valence-electron chi connectivity index (χ1n) is 7.84. The van der Waals surface area contributed by atoms with E-state index in [4.69, 9.17) is 23.2 Å². The van der Waals surface area contributed by atoms with E-state index in [9.17, 15) is 0 Å². The number of halogens is 2. The Morgan fingerprint density at radius 1 is 0.609 bits per heavy atom. The summed E-state index contributed by atoms with van der Waals surface area (Å²) in [4.78, 5) is 0. The third kappa shape index (κ3) is 1.63. The van der Waals surface area contributed by atoms with E-state index < -0.39 is 0 Å². The first kappa shape index (κ1) is 13.7. The van der Waals surface area contributed by atoms with Crippen molar-refractivity contribution in [1.82, 2.24) is 0 Å². The molecule has 0 N–H and O–H groups in total. The van der Waals surface area contributed by atoms with E-state index in [1.807, 2.05) is 18.2 Å². The van der Waals surface area contributed by atoms with Gasteiger partial charge in [0.1, 0.15) is 0 Å². The van der Waals surface area contributed by atoms with Crippen LogP contribution in [-0.2, 0) is 0 Å². The Hall–Kier alpha value is -1.76. The van der Waals surface area contributed by atoms with Crippen molar-refractivity contribution >= 4 is 23.2 Å². The smallest absolute Gasteiger partial charge is 0.0450 e. The van der Waals surface area contributed by atoms with Crippen LogP contribution >= 0.6 is 23.2 Å². The van der Waals surface area contributed by atoms with Crippen molar-refractivity contribution in [2.45, 2.75) is 18.8 Å². The number of aryl methyl sites for hydroxylation is 1. The van der Waals surface area contributed by atoms with Gasteiger partial charge in [-0.25, -0.2) is 0 Å². The van der Waals surface area contributed by atoms with Crippen LogP contribution in [0.25, 0.3) is 0 Å². The topological polar surface area (TPSA) is 0 Å². The number of hydrogen-bond acceptors (Lipinski definition) is 0. The van der Waals surface area contributed by atoms with Gasteiger partial charge in [0.15, 0.2) is 0 Å². The molecule has 0 aromatic heterocycles. The molecule has 6 rings (SSSR count). The van der Waals surface area contributed by atoms with Crippen molar-refractivity contribution in [3.05, 3.63) is 104 Å². The summed E-state index contributed by atoms with van der Waals surface area (Å²) in [5.41, 5.74) is 9.21. The molecular weight excluding hydrogens is 323 g/mol. The van der Waals surface area contributed by atoms with E-state index in [1.165, 1.54) is 38.9 Å². The quantitative estimate of drug-likeness (QED) is 0.311. The highest BCUT2D eigenvalue weighted by Gasteiger charge is 2.43. The normalized spacial score (nSPS) is 20.0.